The molecule has 0 saturated heterocycles. The fourth-order valence-electron chi connectivity index (χ4n) is 2.83. The van der Waals surface area contributed by atoms with Crippen LogP contribution >= 0.6 is 39.1 Å². The first-order chi connectivity index (χ1) is 15.8. The predicted octanol–water partition coefficient (Wildman–Crippen LogP) is 7.03. The number of benzene rings is 3. The number of nitrogens with one attached hydrogen (secondary N) is 1. The van der Waals surface area contributed by atoms with Gasteiger partial charge in [0.15, 0.2) is 11.5 Å². The Morgan fingerprint density at radius 2 is 1.97 bits per heavy atom. The molecule has 0 unspecified atom stereocenters. The summed E-state index contributed by atoms with van der Waals surface area (Å²) >= 11 is 15.3. The number of hydrogen-bond donors (Lipinski definition) is 1. The SMILES string of the molecule is COc1cc(/C=C(\C#N)C(=O)Nc2ccc(Cl)c(Cl)c2)cc(Br)c1OCc1cccc(F)c1. The first kappa shape index (κ1) is 24.6. The van der Waals surface area contributed by atoms with Crippen molar-refractivity contribution < 1.29 is 18.7 Å². The molecule has 5 nitrogen and oxygen atoms in total. The number of rotatable bonds is 7. The van der Waals surface area contributed by atoms with Crippen molar-refractivity contribution in [2.45, 2.75) is 6.61 Å². The molecule has 0 atom stereocenters. The number of nitriles is 1. The Labute approximate surface area is 208 Å². The Balaban J connectivity index is 1.82. The predicted molar refractivity (Wildman–Crippen MR) is 130 cm³/mol. The van der Waals surface area contributed by atoms with Gasteiger partial charge in [0.05, 0.1) is 21.6 Å². The fraction of sp³-hybridized carbons (Fsp3) is 0.0833. The number of ether oxygens (including phenoxy) is 2. The number of nitrogens with zero attached hydrogens (tertiary/aromatic N) is 1. The second-order valence-electron chi connectivity index (χ2n) is 6.71. The van der Waals surface area contributed by atoms with Crippen LogP contribution in [0.3, 0.4) is 0 Å². The molecule has 168 valence electrons. The zero-order valence-corrected chi connectivity index (χ0v) is 20.3. The quantitative estimate of drug-likeness (QED) is 0.254. The van der Waals surface area contributed by atoms with Crippen molar-refractivity contribution in [3.8, 4) is 17.6 Å². The molecule has 9 heteroatoms. The first-order valence-electron chi connectivity index (χ1n) is 9.43. The summed E-state index contributed by atoms with van der Waals surface area (Å²) in [6.45, 7) is 0.122. The molecule has 3 aromatic carbocycles. The molecule has 0 aliphatic rings. The van der Waals surface area contributed by atoms with Crippen molar-refractivity contribution in [1.29, 1.82) is 5.26 Å². The van der Waals surface area contributed by atoms with Crippen LogP contribution in [-0.4, -0.2) is 13.0 Å². The van der Waals surface area contributed by atoms with Gasteiger partial charge in [0.1, 0.15) is 24.1 Å². The van der Waals surface area contributed by atoms with E-state index in [-0.39, 0.29) is 23.0 Å². The molecule has 0 saturated carbocycles. The maximum atomic E-state index is 13.4. The number of methoxy groups -OCH3 is 1. The van der Waals surface area contributed by atoms with Crippen LogP contribution in [0, 0.1) is 17.1 Å². The Hall–Kier alpha value is -3.05. The summed E-state index contributed by atoms with van der Waals surface area (Å²) in [5.41, 5.74) is 1.44. The zero-order chi connectivity index (χ0) is 24.0. The van der Waals surface area contributed by atoms with Gasteiger partial charge in [0.2, 0.25) is 0 Å². The van der Waals surface area contributed by atoms with Gasteiger partial charge in [-0.2, -0.15) is 5.26 Å². The minimum Gasteiger partial charge on any atom is -0.493 e. The van der Waals surface area contributed by atoms with Crippen LogP contribution in [0.4, 0.5) is 10.1 Å². The van der Waals surface area contributed by atoms with E-state index in [1.807, 2.05) is 6.07 Å². The maximum absolute atomic E-state index is 13.4. The summed E-state index contributed by atoms with van der Waals surface area (Å²) < 4.78 is 25.1. The van der Waals surface area contributed by atoms with Gasteiger partial charge in [0, 0.05) is 5.69 Å². The van der Waals surface area contributed by atoms with Crippen molar-refractivity contribution >= 4 is 56.8 Å². The van der Waals surface area contributed by atoms with E-state index in [0.717, 1.165) is 0 Å². The van der Waals surface area contributed by atoms with Gasteiger partial charge < -0.3 is 14.8 Å². The third-order valence-electron chi connectivity index (χ3n) is 4.38. The van der Waals surface area contributed by atoms with E-state index in [9.17, 15) is 14.4 Å². The maximum Gasteiger partial charge on any atom is 0.266 e. The topological polar surface area (TPSA) is 71.3 Å². The Morgan fingerprint density at radius 1 is 1.18 bits per heavy atom. The Morgan fingerprint density at radius 3 is 2.64 bits per heavy atom. The lowest BCUT2D eigenvalue weighted by Crippen LogP contribution is -2.13. The standard InChI is InChI=1S/C24H16BrCl2FN2O3/c1-32-22-10-15(9-19(25)23(22)33-13-14-3-2-4-17(28)8-14)7-16(12-29)24(31)30-18-5-6-20(26)21(27)11-18/h2-11H,13H2,1H3,(H,30,31)/b16-7+. The van der Waals surface area contributed by atoms with Gasteiger partial charge in [0.25, 0.3) is 5.91 Å². The average molecular weight is 550 g/mol. The smallest absolute Gasteiger partial charge is 0.266 e. The van der Waals surface area contributed by atoms with Crippen molar-refractivity contribution in [1.82, 2.24) is 0 Å². The molecule has 33 heavy (non-hydrogen) atoms. The number of carbonyl (C=O) groups excluding carboxylic acids is 1. The monoisotopic (exact) mass is 548 g/mol. The third-order valence-corrected chi connectivity index (χ3v) is 5.71. The molecule has 0 fully saturated rings. The highest BCUT2D eigenvalue weighted by atomic mass is 79.9. The van der Waals surface area contributed by atoms with Gasteiger partial charge in [-0.25, -0.2) is 4.39 Å². The summed E-state index contributed by atoms with van der Waals surface area (Å²) in [4.78, 5) is 12.6. The molecule has 0 aliphatic carbocycles. The molecule has 0 heterocycles. The van der Waals surface area contributed by atoms with Crippen LogP contribution in [0.25, 0.3) is 6.08 Å². The first-order valence-corrected chi connectivity index (χ1v) is 11.0. The molecule has 0 aliphatic heterocycles. The van der Waals surface area contributed by atoms with Gasteiger partial charge in [-0.1, -0.05) is 35.3 Å². The van der Waals surface area contributed by atoms with Gasteiger partial charge in [-0.05, 0) is 75.6 Å². The molecule has 0 spiro atoms. The molecule has 3 aromatic rings. The van der Waals surface area contributed by atoms with Crippen LogP contribution in [0.1, 0.15) is 11.1 Å². The van der Waals surface area contributed by atoms with Crippen LogP contribution < -0.4 is 14.8 Å². The van der Waals surface area contributed by atoms with E-state index in [1.165, 1.54) is 31.4 Å². The molecule has 0 radical (unpaired) electrons. The van der Waals surface area contributed by atoms with Gasteiger partial charge >= 0.3 is 0 Å². The van der Waals surface area contributed by atoms with Crippen molar-refractivity contribution in [3.05, 3.63) is 91.6 Å². The van der Waals surface area contributed by atoms with E-state index in [2.05, 4.69) is 21.2 Å². The number of anilines is 1. The largest absolute Gasteiger partial charge is 0.493 e. The van der Waals surface area contributed by atoms with E-state index >= 15 is 0 Å². The van der Waals surface area contributed by atoms with Crippen molar-refractivity contribution in [3.63, 3.8) is 0 Å². The second-order valence-corrected chi connectivity index (χ2v) is 8.37. The second kappa shape index (κ2) is 11.2. The molecular formula is C24H16BrCl2FN2O3. The average Bonchev–Trinajstić information content (AvgIpc) is 2.78. The molecule has 1 amide bonds. The zero-order valence-electron chi connectivity index (χ0n) is 17.2. The molecular weight excluding hydrogens is 534 g/mol. The molecule has 0 bridgehead atoms. The molecule has 3 rings (SSSR count). The van der Waals surface area contributed by atoms with E-state index < -0.39 is 5.91 Å². The van der Waals surface area contributed by atoms with Gasteiger partial charge in [-0.3, -0.25) is 4.79 Å². The highest BCUT2D eigenvalue weighted by Crippen LogP contribution is 2.38. The number of amides is 1. The minimum absolute atomic E-state index is 0.122. The van der Waals surface area contributed by atoms with E-state index in [1.54, 1.807) is 36.4 Å². The number of hydrogen-bond acceptors (Lipinski definition) is 4. The van der Waals surface area contributed by atoms with Crippen molar-refractivity contribution in [2.24, 2.45) is 0 Å². The van der Waals surface area contributed by atoms with Gasteiger partial charge in [-0.15, -0.1) is 0 Å². The normalized spacial score (nSPS) is 11.0. The Bertz CT molecular complexity index is 1280. The summed E-state index contributed by atoms with van der Waals surface area (Å²) in [5.74, 6) is -0.199. The summed E-state index contributed by atoms with van der Waals surface area (Å²) in [7, 11) is 1.46. The van der Waals surface area contributed by atoms with E-state index in [4.69, 9.17) is 32.7 Å². The van der Waals surface area contributed by atoms with Crippen LogP contribution in [-0.2, 0) is 11.4 Å². The summed E-state index contributed by atoms with van der Waals surface area (Å²) in [5, 5.41) is 12.7. The van der Waals surface area contributed by atoms with E-state index in [0.29, 0.717) is 37.8 Å². The highest BCUT2D eigenvalue weighted by molar-refractivity contribution is 9.10. The number of halogens is 4. The number of carbonyl (C=O) groups is 1. The van der Waals surface area contributed by atoms with Crippen LogP contribution in [0.15, 0.2) is 64.6 Å². The Kier molecular flexibility index (Phi) is 8.34. The summed E-state index contributed by atoms with van der Waals surface area (Å²) in [6, 6.07) is 15.9. The molecule has 0 aromatic heterocycles. The lowest BCUT2D eigenvalue weighted by molar-refractivity contribution is -0.112. The van der Waals surface area contributed by atoms with Crippen LogP contribution in [0.5, 0.6) is 11.5 Å². The van der Waals surface area contributed by atoms with Crippen molar-refractivity contribution in [2.75, 3.05) is 12.4 Å². The lowest BCUT2D eigenvalue weighted by atomic mass is 10.1. The van der Waals surface area contributed by atoms with Crippen LogP contribution in [0.2, 0.25) is 10.0 Å². The third kappa shape index (κ3) is 6.48. The minimum atomic E-state index is -0.614. The highest BCUT2D eigenvalue weighted by Gasteiger charge is 2.15. The summed E-state index contributed by atoms with van der Waals surface area (Å²) in [6.07, 6.45) is 1.41. The molecule has 1 N–H and O–H groups in total. The fourth-order valence-corrected chi connectivity index (χ4v) is 3.71. The lowest BCUT2D eigenvalue weighted by Gasteiger charge is -2.14.